The standard InChI is InChI=1S/C7H15NO3.HI/c1-8(2,3)5-6(9)4-7(10)11;/h6,9H,4-5H2,1-3H3;1H/t6-;/m1./s1. The van der Waals surface area contributed by atoms with Crippen LogP contribution in [0.15, 0.2) is 0 Å². The molecule has 0 spiro atoms. The molecule has 74 valence electrons. The molecule has 0 unspecified atom stereocenters. The highest BCUT2D eigenvalue weighted by Gasteiger charge is 2.14. The SMILES string of the molecule is C[N+](C)(C)C[C@H](O)CC(=O)[O-].I. The third-order valence-electron chi connectivity index (χ3n) is 1.16. The average molecular weight is 289 g/mol. The van der Waals surface area contributed by atoms with E-state index in [0.717, 1.165) is 0 Å². The molecule has 0 aliphatic rings. The fourth-order valence-corrected chi connectivity index (χ4v) is 0.889. The summed E-state index contributed by atoms with van der Waals surface area (Å²) in [6.45, 7) is 0.425. The molecule has 0 radical (unpaired) electrons. The number of aliphatic hydroxyl groups excluding tert-OH is 1. The lowest BCUT2D eigenvalue weighted by Crippen LogP contribution is -2.43. The number of aliphatic hydroxyl groups is 1. The Bertz CT molecular complexity index is 144. The van der Waals surface area contributed by atoms with E-state index in [-0.39, 0.29) is 30.4 Å². The summed E-state index contributed by atoms with van der Waals surface area (Å²) in [5.74, 6) is -1.20. The Morgan fingerprint density at radius 1 is 1.50 bits per heavy atom. The third kappa shape index (κ3) is 10.1. The zero-order valence-electron chi connectivity index (χ0n) is 7.61. The van der Waals surface area contributed by atoms with Gasteiger partial charge in [0.15, 0.2) is 0 Å². The molecule has 0 rings (SSSR count). The van der Waals surface area contributed by atoms with Gasteiger partial charge in [0.2, 0.25) is 0 Å². The molecule has 0 aromatic heterocycles. The zero-order valence-corrected chi connectivity index (χ0v) is 9.94. The largest absolute Gasteiger partial charge is 0.550 e. The first kappa shape index (κ1) is 14.6. The summed E-state index contributed by atoms with van der Waals surface area (Å²) in [6, 6.07) is 0. The van der Waals surface area contributed by atoms with Gasteiger partial charge in [0.1, 0.15) is 12.6 Å². The Hall–Kier alpha value is 0.120. The van der Waals surface area contributed by atoms with Crippen molar-refractivity contribution in [1.82, 2.24) is 0 Å². The van der Waals surface area contributed by atoms with Gasteiger partial charge in [-0.1, -0.05) is 0 Å². The number of carbonyl (C=O) groups excluding carboxylic acids is 1. The number of hydrogen-bond donors (Lipinski definition) is 1. The molecule has 0 aliphatic heterocycles. The molecule has 0 fully saturated rings. The van der Waals surface area contributed by atoms with Crippen LogP contribution in [0, 0.1) is 0 Å². The van der Waals surface area contributed by atoms with E-state index in [0.29, 0.717) is 11.0 Å². The molecule has 12 heavy (non-hydrogen) atoms. The van der Waals surface area contributed by atoms with Crippen molar-refractivity contribution in [3.63, 3.8) is 0 Å². The normalized spacial score (nSPS) is 13.3. The van der Waals surface area contributed by atoms with Crippen LogP contribution in [0.1, 0.15) is 6.42 Å². The van der Waals surface area contributed by atoms with Crippen molar-refractivity contribution >= 4 is 29.9 Å². The lowest BCUT2D eigenvalue weighted by Gasteiger charge is -2.26. The number of hydrogen-bond acceptors (Lipinski definition) is 3. The summed E-state index contributed by atoms with van der Waals surface area (Å²) in [7, 11) is 5.66. The summed E-state index contributed by atoms with van der Waals surface area (Å²) in [5, 5.41) is 19.1. The number of carboxylic acids is 1. The van der Waals surface area contributed by atoms with Crippen LogP contribution in [0.2, 0.25) is 0 Å². The first-order valence-corrected chi connectivity index (χ1v) is 3.49. The van der Waals surface area contributed by atoms with Crippen molar-refractivity contribution in [3.05, 3.63) is 0 Å². The van der Waals surface area contributed by atoms with Crippen LogP contribution in [0.4, 0.5) is 0 Å². The van der Waals surface area contributed by atoms with Crippen LogP contribution in [-0.2, 0) is 4.79 Å². The number of rotatable bonds is 4. The van der Waals surface area contributed by atoms with E-state index in [1.807, 2.05) is 21.1 Å². The maximum atomic E-state index is 10.0. The zero-order chi connectivity index (χ0) is 9.07. The van der Waals surface area contributed by atoms with Crippen molar-refractivity contribution in [1.29, 1.82) is 0 Å². The van der Waals surface area contributed by atoms with Crippen LogP contribution in [0.25, 0.3) is 0 Å². The van der Waals surface area contributed by atoms with Crippen LogP contribution in [-0.4, -0.2) is 49.4 Å². The van der Waals surface area contributed by atoms with Crippen molar-refractivity contribution < 1.29 is 19.5 Å². The molecule has 0 heterocycles. The van der Waals surface area contributed by atoms with Gasteiger partial charge in [-0.3, -0.25) is 0 Å². The van der Waals surface area contributed by atoms with Crippen LogP contribution in [0.3, 0.4) is 0 Å². The monoisotopic (exact) mass is 289 g/mol. The highest BCUT2D eigenvalue weighted by molar-refractivity contribution is 14.0. The quantitative estimate of drug-likeness (QED) is 0.523. The summed E-state index contributed by atoms with van der Waals surface area (Å²) in [6.07, 6.45) is -1.09. The topological polar surface area (TPSA) is 60.4 Å². The predicted octanol–water partition coefficient (Wildman–Crippen LogP) is -1.19. The number of likely N-dealkylation sites (N-methyl/N-ethyl adjacent to an activating group) is 1. The highest BCUT2D eigenvalue weighted by atomic mass is 127. The second-order valence-corrected chi connectivity index (χ2v) is 3.70. The molecule has 1 N–H and O–H groups in total. The van der Waals surface area contributed by atoms with Crippen LogP contribution < -0.4 is 5.11 Å². The second kappa shape index (κ2) is 5.71. The highest BCUT2D eigenvalue weighted by Crippen LogP contribution is 1.97. The van der Waals surface area contributed by atoms with Gasteiger partial charge in [0, 0.05) is 12.4 Å². The summed E-state index contributed by atoms with van der Waals surface area (Å²) in [4.78, 5) is 10.0. The van der Waals surface area contributed by atoms with Crippen molar-refractivity contribution in [2.24, 2.45) is 0 Å². The Balaban J connectivity index is 0. The number of aliphatic carboxylic acids is 1. The van der Waals surface area contributed by atoms with Gasteiger partial charge in [-0.15, -0.1) is 24.0 Å². The molecule has 0 saturated heterocycles. The van der Waals surface area contributed by atoms with Crippen molar-refractivity contribution in [3.8, 4) is 0 Å². The van der Waals surface area contributed by atoms with E-state index < -0.39 is 12.1 Å². The number of nitrogens with zero attached hydrogens (tertiary/aromatic N) is 1. The lowest BCUT2D eigenvalue weighted by atomic mass is 10.2. The molecule has 1 atom stereocenters. The summed E-state index contributed by atoms with van der Waals surface area (Å²) < 4.78 is 0.550. The van der Waals surface area contributed by atoms with E-state index in [1.54, 1.807) is 0 Å². The van der Waals surface area contributed by atoms with Gasteiger partial charge >= 0.3 is 0 Å². The van der Waals surface area contributed by atoms with Gasteiger partial charge in [-0.2, -0.15) is 0 Å². The van der Waals surface area contributed by atoms with Gasteiger partial charge in [0.05, 0.1) is 21.1 Å². The molecule has 0 aliphatic carbocycles. The molecular formula is C7H16INO3. The van der Waals surface area contributed by atoms with Gasteiger partial charge in [-0.05, 0) is 0 Å². The minimum Gasteiger partial charge on any atom is -0.550 e. The molecule has 4 nitrogen and oxygen atoms in total. The smallest absolute Gasteiger partial charge is 0.108 e. The third-order valence-corrected chi connectivity index (χ3v) is 1.16. The molecule has 0 aromatic rings. The predicted molar refractivity (Wildman–Crippen MR) is 53.9 cm³/mol. The molecular weight excluding hydrogens is 273 g/mol. The van der Waals surface area contributed by atoms with E-state index >= 15 is 0 Å². The van der Waals surface area contributed by atoms with Crippen molar-refractivity contribution in [2.75, 3.05) is 27.7 Å². The van der Waals surface area contributed by atoms with Crippen LogP contribution in [0.5, 0.6) is 0 Å². The van der Waals surface area contributed by atoms with Gasteiger partial charge < -0.3 is 19.5 Å². The molecule has 0 bridgehead atoms. The first-order chi connectivity index (χ1) is 4.81. The maximum Gasteiger partial charge on any atom is 0.108 e. The Morgan fingerprint density at radius 2 is 1.92 bits per heavy atom. The number of quaternary nitrogens is 1. The van der Waals surface area contributed by atoms with E-state index in [9.17, 15) is 9.90 Å². The van der Waals surface area contributed by atoms with Gasteiger partial charge in [0.25, 0.3) is 0 Å². The molecule has 0 aromatic carbocycles. The van der Waals surface area contributed by atoms with Crippen molar-refractivity contribution in [2.45, 2.75) is 12.5 Å². The van der Waals surface area contributed by atoms with E-state index in [4.69, 9.17) is 5.11 Å². The second-order valence-electron chi connectivity index (χ2n) is 3.70. The number of carboxylic acid groups (broad SMARTS) is 1. The number of halogens is 1. The fraction of sp³-hybridized carbons (Fsp3) is 0.857. The fourth-order valence-electron chi connectivity index (χ4n) is 0.889. The summed E-state index contributed by atoms with van der Waals surface area (Å²) >= 11 is 0. The Labute approximate surface area is 89.8 Å². The minimum absolute atomic E-state index is 0. The minimum atomic E-state index is -1.20. The van der Waals surface area contributed by atoms with Gasteiger partial charge in [-0.25, -0.2) is 0 Å². The number of carbonyl (C=O) groups is 1. The molecule has 0 amide bonds. The Morgan fingerprint density at radius 3 is 2.17 bits per heavy atom. The average Bonchev–Trinajstić information content (AvgIpc) is 1.53. The van der Waals surface area contributed by atoms with Crippen LogP contribution >= 0.6 is 24.0 Å². The molecule has 5 heteroatoms. The summed E-state index contributed by atoms with van der Waals surface area (Å²) in [5.41, 5.74) is 0. The van der Waals surface area contributed by atoms with E-state index in [2.05, 4.69) is 0 Å². The Kier molecular flexibility index (Phi) is 6.97. The maximum absolute atomic E-state index is 10.0. The molecule has 0 saturated carbocycles. The first-order valence-electron chi connectivity index (χ1n) is 3.49. The lowest BCUT2D eigenvalue weighted by molar-refractivity contribution is -0.873. The van der Waals surface area contributed by atoms with E-state index in [1.165, 1.54) is 0 Å².